The van der Waals surface area contributed by atoms with Gasteiger partial charge in [0.1, 0.15) is 5.82 Å². The second-order valence-corrected chi connectivity index (χ2v) is 5.85. The van der Waals surface area contributed by atoms with Crippen LogP contribution in [0.4, 0.5) is 5.82 Å². The van der Waals surface area contributed by atoms with Gasteiger partial charge in [-0.15, -0.1) is 0 Å². The molecule has 3 rings (SSSR count). The number of nitrogens with zero attached hydrogens (tertiary/aromatic N) is 3. The Morgan fingerprint density at radius 1 is 1.16 bits per heavy atom. The number of carbonyl (C=O) groups is 1. The SMILES string of the molecule is O=C(NCc1ccncc1)c1ccnc(NCCN2CCOCC2)c1. The number of hydrogen-bond acceptors (Lipinski definition) is 6. The summed E-state index contributed by atoms with van der Waals surface area (Å²) < 4.78 is 5.34. The molecule has 0 bridgehead atoms. The molecule has 2 aromatic heterocycles. The third-order valence-electron chi connectivity index (χ3n) is 4.06. The first-order chi connectivity index (χ1) is 12.3. The van der Waals surface area contributed by atoms with Crippen LogP contribution in [0.2, 0.25) is 0 Å². The Hall–Kier alpha value is -2.51. The van der Waals surface area contributed by atoms with Crippen molar-refractivity contribution in [3.63, 3.8) is 0 Å². The molecule has 1 aliphatic rings. The molecule has 2 N–H and O–H groups in total. The first kappa shape index (κ1) is 17.3. The normalized spacial score (nSPS) is 14.9. The fourth-order valence-corrected chi connectivity index (χ4v) is 2.62. The van der Waals surface area contributed by atoms with Crippen molar-refractivity contribution in [1.82, 2.24) is 20.2 Å². The molecule has 1 aliphatic heterocycles. The van der Waals surface area contributed by atoms with Crippen molar-refractivity contribution >= 4 is 11.7 Å². The number of hydrogen-bond donors (Lipinski definition) is 2. The highest BCUT2D eigenvalue weighted by Gasteiger charge is 2.10. The Kier molecular flexibility index (Phi) is 6.30. The quantitative estimate of drug-likeness (QED) is 0.786. The van der Waals surface area contributed by atoms with Crippen LogP contribution in [-0.4, -0.2) is 60.2 Å². The van der Waals surface area contributed by atoms with E-state index in [1.165, 1.54) is 0 Å². The van der Waals surface area contributed by atoms with Gasteiger partial charge in [-0.3, -0.25) is 14.7 Å². The van der Waals surface area contributed by atoms with Gasteiger partial charge >= 0.3 is 0 Å². The van der Waals surface area contributed by atoms with E-state index in [-0.39, 0.29) is 5.91 Å². The molecule has 0 spiro atoms. The van der Waals surface area contributed by atoms with Gasteiger partial charge in [0.15, 0.2) is 0 Å². The molecule has 0 unspecified atom stereocenters. The summed E-state index contributed by atoms with van der Waals surface area (Å²) >= 11 is 0. The lowest BCUT2D eigenvalue weighted by Gasteiger charge is -2.26. The maximum absolute atomic E-state index is 12.3. The molecule has 2 aromatic rings. The summed E-state index contributed by atoms with van der Waals surface area (Å²) in [6.45, 7) is 5.72. The summed E-state index contributed by atoms with van der Waals surface area (Å²) in [5.74, 6) is 0.597. The third kappa shape index (κ3) is 5.51. The van der Waals surface area contributed by atoms with Gasteiger partial charge in [0.25, 0.3) is 5.91 Å². The van der Waals surface area contributed by atoms with Crippen LogP contribution in [0.1, 0.15) is 15.9 Å². The zero-order valence-electron chi connectivity index (χ0n) is 14.1. The lowest BCUT2D eigenvalue weighted by molar-refractivity contribution is 0.0398. The van der Waals surface area contributed by atoms with Gasteiger partial charge in [0, 0.05) is 56.9 Å². The van der Waals surface area contributed by atoms with Crippen molar-refractivity contribution < 1.29 is 9.53 Å². The predicted molar refractivity (Wildman–Crippen MR) is 95.4 cm³/mol. The molecule has 0 aliphatic carbocycles. The van der Waals surface area contributed by atoms with E-state index < -0.39 is 0 Å². The zero-order valence-corrected chi connectivity index (χ0v) is 14.1. The number of amides is 1. The number of nitrogens with one attached hydrogen (secondary N) is 2. The first-order valence-electron chi connectivity index (χ1n) is 8.48. The van der Waals surface area contributed by atoms with Gasteiger partial charge in [0.2, 0.25) is 0 Å². The molecule has 132 valence electrons. The average molecular weight is 341 g/mol. The number of rotatable bonds is 7. The van der Waals surface area contributed by atoms with Gasteiger partial charge in [-0.05, 0) is 29.8 Å². The van der Waals surface area contributed by atoms with Crippen molar-refractivity contribution in [1.29, 1.82) is 0 Å². The second-order valence-electron chi connectivity index (χ2n) is 5.85. The van der Waals surface area contributed by atoms with Gasteiger partial charge < -0.3 is 15.4 Å². The molecule has 1 fully saturated rings. The molecule has 25 heavy (non-hydrogen) atoms. The van der Waals surface area contributed by atoms with Gasteiger partial charge in [-0.2, -0.15) is 0 Å². The van der Waals surface area contributed by atoms with Crippen molar-refractivity contribution in [2.45, 2.75) is 6.54 Å². The molecule has 0 aromatic carbocycles. The molecule has 3 heterocycles. The van der Waals surface area contributed by atoms with Crippen LogP contribution in [0.25, 0.3) is 0 Å². The van der Waals surface area contributed by atoms with Crippen LogP contribution in [0.15, 0.2) is 42.9 Å². The van der Waals surface area contributed by atoms with Crippen LogP contribution in [0.3, 0.4) is 0 Å². The largest absolute Gasteiger partial charge is 0.379 e. The molecular formula is C18H23N5O2. The number of pyridine rings is 2. The van der Waals surface area contributed by atoms with E-state index in [4.69, 9.17) is 4.74 Å². The van der Waals surface area contributed by atoms with E-state index in [1.54, 1.807) is 30.7 Å². The minimum absolute atomic E-state index is 0.115. The Morgan fingerprint density at radius 2 is 1.96 bits per heavy atom. The smallest absolute Gasteiger partial charge is 0.251 e. The third-order valence-corrected chi connectivity index (χ3v) is 4.06. The Morgan fingerprint density at radius 3 is 2.76 bits per heavy atom. The van der Waals surface area contributed by atoms with Crippen molar-refractivity contribution in [3.8, 4) is 0 Å². The maximum Gasteiger partial charge on any atom is 0.251 e. The van der Waals surface area contributed by atoms with Crippen molar-refractivity contribution in [2.75, 3.05) is 44.7 Å². The Balaban J connectivity index is 1.47. The van der Waals surface area contributed by atoms with Crippen molar-refractivity contribution in [2.24, 2.45) is 0 Å². The summed E-state index contributed by atoms with van der Waals surface area (Å²) in [5, 5.41) is 6.19. The molecular weight excluding hydrogens is 318 g/mol. The fraction of sp³-hybridized carbons (Fsp3) is 0.389. The zero-order chi connectivity index (χ0) is 17.3. The number of ether oxygens (including phenoxy) is 1. The molecule has 1 amide bonds. The summed E-state index contributed by atoms with van der Waals surface area (Å²) in [5.41, 5.74) is 1.61. The van der Waals surface area contributed by atoms with Crippen LogP contribution in [0.5, 0.6) is 0 Å². The maximum atomic E-state index is 12.3. The summed E-state index contributed by atoms with van der Waals surface area (Å²) in [6.07, 6.45) is 5.08. The lowest BCUT2D eigenvalue weighted by atomic mass is 10.2. The number of morpholine rings is 1. The van der Waals surface area contributed by atoms with Crippen LogP contribution in [-0.2, 0) is 11.3 Å². The highest BCUT2D eigenvalue weighted by molar-refractivity contribution is 5.94. The molecule has 7 nitrogen and oxygen atoms in total. The van der Waals surface area contributed by atoms with Crippen LogP contribution >= 0.6 is 0 Å². The van der Waals surface area contributed by atoms with E-state index in [0.29, 0.717) is 17.9 Å². The van der Waals surface area contributed by atoms with Crippen LogP contribution < -0.4 is 10.6 Å². The van der Waals surface area contributed by atoms with E-state index in [0.717, 1.165) is 45.0 Å². The standard InChI is InChI=1S/C18H23N5O2/c24-18(22-14-15-1-4-19-5-2-15)16-3-6-20-17(13-16)21-7-8-23-9-11-25-12-10-23/h1-6,13H,7-12,14H2,(H,20,21)(H,22,24). The lowest BCUT2D eigenvalue weighted by Crippen LogP contribution is -2.39. The molecule has 1 saturated heterocycles. The van der Waals surface area contributed by atoms with Crippen LogP contribution in [0, 0.1) is 0 Å². The summed E-state index contributed by atoms with van der Waals surface area (Å²) in [4.78, 5) is 22.9. The molecule has 0 saturated carbocycles. The predicted octanol–water partition coefficient (Wildman–Crippen LogP) is 1.15. The first-order valence-corrected chi connectivity index (χ1v) is 8.48. The summed E-state index contributed by atoms with van der Waals surface area (Å²) in [7, 11) is 0. The minimum Gasteiger partial charge on any atom is -0.379 e. The molecule has 0 radical (unpaired) electrons. The Labute approximate surface area is 147 Å². The van der Waals surface area contributed by atoms with Gasteiger partial charge in [-0.1, -0.05) is 0 Å². The number of aromatic nitrogens is 2. The highest BCUT2D eigenvalue weighted by atomic mass is 16.5. The van der Waals surface area contributed by atoms with E-state index in [9.17, 15) is 4.79 Å². The average Bonchev–Trinajstić information content (AvgIpc) is 2.68. The minimum atomic E-state index is -0.115. The van der Waals surface area contributed by atoms with Gasteiger partial charge in [-0.25, -0.2) is 4.98 Å². The van der Waals surface area contributed by atoms with E-state index in [1.807, 2.05) is 12.1 Å². The number of anilines is 1. The van der Waals surface area contributed by atoms with E-state index >= 15 is 0 Å². The highest BCUT2D eigenvalue weighted by Crippen LogP contribution is 2.07. The molecule has 0 atom stereocenters. The molecule has 7 heteroatoms. The van der Waals surface area contributed by atoms with E-state index in [2.05, 4.69) is 25.5 Å². The number of carbonyl (C=O) groups excluding carboxylic acids is 1. The Bertz CT molecular complexity index is 674. The topological polar surface area (TPSA) is 79.4 Å². The van der Waals surface area contributed by atoms with Gasteiger partial charge in [0.05, 0.1) is 13.2 Å². The second kappa shape index (κ2) is 9.10. The van der Waals surface area contributed by atoms with Crippen molar-refractivity contribution in [3.05, 3.63) is 54.0 Å². The summed E-state index contributed by atoms with van der Waals surface area (Å²) in [6, 6.07) is 7.26. The monoisotopic (exact) mass is 341 g/mol. The fourth-order valence-electron chi connectivity index (χ4n) is 2.62.